The van der Waals surface area contributed by atoms with Gasteiger partial charge in [0, 0.05) is 0 Å². The van der Waals surface area contributed by atoms with Gasteiger partial charge in [0.15, 0.2) is 0 Å². The van der Waals surface area contributed by atoms with Crippen molar-refractivity contribution in [2.24, 2.45) is 0 Å². The molecule has 0 saturated heterocycles. The third-order valence-corrected chi connectivity index (χ3v) is 16.0. The van der Waals surface area contributed by atoms with Crippen LogP contribution in [-0.2, 0) is 0 Å². The van der Waals surface area contributed by atoms with Crippen molar-refractivity contribution in [1.82, 2.24) is 0 Å². The summed E-state index contributed by atoms with van der Waals surface area (Å²) in [5.41, 5.74) is 2.97. The Kier molecular flexibility index (Phi) is 5.09. The number of hydrogen-bond donors (Lipinski definition) is 0. The molecule has 0 saturated carbocycles. The van der Waals surface area contributed by atoms with E-state index in [1.54, 1.807) is 12.1 Å². The standard InChI is InChI=1S/C18H18S2Te2/c1-11-9-21-16-8-7-15(13-3-5-14(19-11)6-4-13)18-17(16)20-12(2)10-22-18/h3-8,11-12H,9-10H2,1-2H3. The van der Waals surface area contributed by atoms with Gasteiger partial charge in [0.1, 0.15) is 0 Å². The predicted molar refractivity (Wildman–Crippen MR) is 103 cm³/mol. The van der Waals surface area contributed by atoms with Gasteiger partial charge in [-0.25, -0.2) is 0 Å². The average molecular weight is 554 g/mol. The molecule has 0 aliphatic carbocycles. The topological polar surface area (TPSA) is 0 Å². The molecule has 22 heavy (non-hydrogen) atoms. The summed E-state index contributed by atoms with van der Waals surface area (Å²) < 4.78 is 6.36. The molecule has 2 unspecified atom stereocenters. The second-order valence-corrected chi connectivity index (χ2v) is 14.7. The van der Waals surface area contributed by atoms with Crippen molar-refractivity contribution in [1.29, 1.82) is 0 Å². The number of hydrogen-bond acceptors (Lipinski definition) is 2. The molecular formula is C18H18S2Te2. The molecule has 0 aromatic heterocycles. The van der Waals surface area contributed by atoms with Gasteiger partial charge < -0.3 is 0 Å². The van der Waals surface area contributed by atoms with Gasteiger partial charge in [-0.1, -0.05) is 0 Å². The minimum absolute atomic E-state index is 0.0242. The Morgan fingerprint density at radius 2 is 1.59 bits per heavy atom. The molecule has 0 fully saturated rings. The van der Waals surface area contributed by atoms with E-state index in [2.05, 4.69) is 73.8 Å². The van der Waals surface area contributed by atoms with Crippen LogP contribution in [0.3, 0.4) is 0 Å². The van der Waals surface area contributed by atoms with E-state index in [0.29, 0.717) is 0 Å². The van der Waals surface area contributed by atoms with E-state index in [9.17, 15) is 0 Å². The van der Waals surface area contributed by atoms with Crippen LogP contribution in [0.2, 0.25) is 8.94 Å². The van der Waals surface area contributed by atoms with Crippen LogP contribution in [0, 0.1) is 0 Å². The molecule has 6 rings (SSSR count). The molecular weight excluding hydrogens is 536 g/mol. The van der Waals surface area contributed by atoms with E-state index >= 15 is 0 Å². The fourth-order valence-corrected chi connectivity index (χ4v) is 13.9. The Hall–Kier alpha value is 0.719. The zero-order valence-electron chi connectivity index (χ0n) is 12.7. The Morgan fingerprint density at radius 3 is 2.41 bits per heavy atom. The Morgan fingerprint density at radius 1 is 0.864 bits per heavy atom. The molecule has 4 aliphatic rings. The van der Waals surface area contributed by atoms with E-state index < -0.39 is 0 Å². The van der Waals surface area contributed by atoms with Crippen LogP contribution in [0.1, 0.15) is 13.8 Å². The molecule has 0 radical (unpaired) electrons. The van der Waals surface area contributed by atoms with Crippen molar-refractivity contribution in [3.63, 3.8) is 0 Å². The quantitative estimate of drug-likeness (QED) is 0.455. The van der Waals surface area contributed by atoms with Crippen molar-refractivity contribution >= 4 is 72.6 Å². The molecule has 4 heterocycles. The van der Waals surface area contributed by atoms with Crippen LogP contribution in [0.4, 0.5) is 0 Å². The zero-order chi connectivity index (χ0) is 15.1. The van der Waals surface area contributed by atoms with Crippen molar-refractivity contribution < 1.29 is 0 Å². The van der Waals surface area contributed by atoms with E-state index in [1.807, 2.05) is 0 Å². The molecule has 2 aromatic rings. The normalized spacial score (nSPS) is 23.7. The first-order valence-electron chi connectivity index (χ1n) is 7.57. The summed E-state index contributed by atoms with van der Waals surface area (Å²) in [6.45, 7) is 4.83. The number of benzene rings is 2. The predicted octanol–water partition coefficient (Wildman–Crippen LogP) is 3.84. The minimum atomic E-state index is -0.0569. The average Bonchev–Trinajstić information content (AvgIpc) is 2.52. The van der Waals surface area contributed by atoms with Gasteiger partial charge in [0.05, 0.1) is 0 Å². The van der Waals surface area contributed by atoms with Gasteiger partial charge in [0.2, 0.25) is 0 Å². The fraction of sp³-hybridized carbons (Fsp3) is 0.333. The second kappa shape index (κ2) is 6.92. The zero-order valence-corrected chi connectivity index (χ0v) is 19.0. The molecule has 0 spiro atoms. The summed E-state index contributed by atoms with van der Waals surface area (Å²) in [5, 5.41) is 1.57. The van der Waals surface area contributed by atoms with Gasteiger partial charge in [0.25, 0.3) is 0 Å². The summed E-state index contributed by atoms with van der Waals surface area (Å²) in [6, 6.07) is 14.3. The molecule has 0 amide bonds. The maximum atomic E-state index is 2.47. The van der Waals surface area contributed by atoms with E-state index in [-0.39, 0.29) is 41.8 Å². The summed E-state index contributed by atoms with van der Waals surface area (Å²) in [6.07, 6.45) is 0. The Labute approximate surface area is 161 Å². The first-order valence-corrected chi connectivity index (χ1v) is 15.0. The van der Waals surface area contributed by atoms with Crippen LogP contribution in [0.15, 0.2) is 46.2 Å². The molecule has 4 bridgehead atoms. The Balaban J connectivity index is 1.91. The summed E-state index contributed by atoms with van der Waals surface area (Å²) in [4.78, 5) is 3.15. The number of rotatable bonds is 0. The van der Waals surface area contributed by atoms with Crippen molar-refractivity contribution in [3.8, 4) is 11.1 Å². The van der Waals surface area contributed by atoms with E-state index in [4.69, 9.17) is 0 Å². The van der Waals surface area contributed by atoms with Gasteiger partial charge in [-0.15, -0.1) is 0 Å². The fourth-order valence-electron chi connectivity index (χ4n) is 2.76. The van der Waals surface area contributed by atoms with Gasteiger partial charge in [-0.05, 0) is 0 Å². The summed E-state index contributed by atoms with van der Waals surface area (Å²) in [5.74, 6) is 0. The van der Waals surface area contributed by atoms with Gasteiger partial charge >= 0.3 is 163 Å². The number of fused-ring (bicyclic) bond motifs is 1. The first-order chi connectivity index (χ1) is 10.7. The molecule has 114 valence electrons. The second-order valence-electron chi connectivity index (χ2n) is 5.77. The van der Waals surface area contributed by atoms with Gasteiger partial charge in [-0.2, -0.15) is 0 Å². The molecule has 2 atom stereocenters. The van der Waals surface area contributed by atoms with Crippen LogP contribution in [0.25, 0.3) is 11.1 Å². The third-order valence-electron chi connectivity index (χ3n) is 3.83. The Bertz CT molecular complexity index is 697. The maximum absolute atomic E-state index is 2.47. The molecule has 0 N–H and O–H groups in total. The molecule has 0 nitrogen and oxygen atoms in total. The summed E-state index contributed by atoms with van der Waals surface area (Å²) in [7, 11) is 0. The van der Waals surface area contributed by atoms with Crippen LogP contribution in [0.5, 0.6) is 0 Å². The van der Waals surface area contributed by atoms with Crippen LogP contribution in [-0.4, -0.2) is 52.3 Å². The monoisotopic (exact) mass is 558 g/mol. The SMILES string of the molecule is CC1C[Te]c2ccc(c3c2SC(C)C[Te]3)-c2ccc(cc2)S1. The van der Waals surface area contributed by atoms with Crippen molar-refractivity contribution in [3.05, 3.63) is 36.4 Å². The molecule has 4 aliphatic heterocycles. The van der Waals surface area contributed by atoms with Crippen molar-refractivity contribution in [2.75, 3.05) is 0 Å². The van der Waals surface area contributed by atoms with Crippen molar-refractivity contribution in [2.45, 2.75) is 43.1 Å². The van der Waals surface area contributed by atoms with E-state index in [0.717, 1.165) is 10.5 Å². The third kappa shape index (κ3) is 3.26. The molecule has 4 heteroatoms. The number of thioether (sulfide) groups is 2. The first kappa shape index (κ1) is 16.2. The van der Waals surface area contributed by atoms with E-state index in [1.165, 1.54) is 25.0 Å². The summed E-state index contributed by atoms with van der Waals surface area (Å²) >= 11 is 4.15. The van der Waals surface area contributed by atoms with Gasteiger partial charge in [-0.3, -0.25) is 0 Å². The molecule has 2 aromatic carbocycles. The van der Waals surface area contributed by atoms with Crippen LogP contribution >= 0.6 is 23.5 Å². The van der Waals surface area contributed by atoms with Crippen LogP contribution < -0.4 is 7.22 Å².